The number of alkyl halides is 3. The van der Waals surface area contributed by atoms with Crippen LogP contribution in [0.4, 0.5) is 13.2 Å². The molecule has 1 fully saturated rings. The van der Waals surface area contributed by atoms with Crippen LogP contribution in [-0.4, -0.2) is 59.9 Å². The molecule has 1 amide bonds. The van der Waals surface area contributed by atoms with Gasteiger partial charge in [0.2, 0.25) is 0 Å². The SMILES string of the molecule is Cl.O=C(NCCN1CCNCC1)c1ccn(-c2cccc(C(F)(F)F)c2)n1. The Morgan fingerprint density at radius 3 is 2.67 bits per heavy atom. The van der Waals surface area contributed by atoms with Crippen LogP contribution in [-0.2, 0) is 6.18 Å². The minimum Gasteiger partial charge on any atom is -0.349 e. The number of nitrogens with one attached hydrogen (secondary N) is 2. The lowest BCUT2D eigenvalue weighted by Crippen LogP contribution is -2.46. The quantitative estimate of drug-likeness (QED) is 0.801. The lowest BCUT2D eigenvalue weighted by Gasteiger charge is -2.26. The second-order valence-electron chi connectivity index (χ2n) is 6.04. The molecule has 10 heteroatoms. The van der Waals surface area contributed by atoms with Crippen molar-refractivity contribution in [2.45, 2.75) is 6.18 Å². The highest BCUT2D eigenvalue weighted by Gasteiger charge is 2.30. The van der Waals surface area contributed by atoms with Gasteiger partial charge in [-0.1, -0.05) is 6.07 Å². The highest BCUT2D eigenvalue weighted by molar-refractivity contribution is 5.92. The first kappa shape index (κ1) is 21.2. The van der Waals surface area contributed by atoms with Crippen LogP contribution in [0.3, 0.4) is 0 Å². The largest absolute Gasteiger partial charge is 0.416 e. The van der Waals surface area contributed by atoms with E-state index in [1.807, 2.05) is 0 Å². The number of halogens is 4. The predicted octanol–water partition coefficient (Wildman–Crippen LogP) is 1.95. The summed E-state index contributed by atoms with van der Waals surface area (Å²) in [6.07, 6.45) is -2.95. The van der Waals surface area contributed by atoms with Gasteiger partial charge in [0.1, 0.15) is 0 Å². The second kappa shape index (κ2) is 9.20. The fourth-order valence-electron chi connectivity index (χ4n) is 2.77. The van der Waals surface area contributed by atoms with Crippen LogP contribution in [0.1, 0.15) is 16.1 Å². The number of piperazine rings is 1. The third-order valence-electron chi connectivity index (χ3n) is 4.18. The van der Waals surface area contributed by atoms with E-state index in [0.29, 0.717) is 6.54 Å². The molecule has 0 unspecified atom stereocenters. The zero-order valence-corrected chi connectivity index (χ0v) is 15.3. The van der Waals surface area contributed by atoms with E-state index in [0.717, 1.165) is 44.9 Å². The molecule has 148 valence electrons. The molecule has 2 N–H and O–H groups in total. The molecule has 1 aromatic carbocycles. The van der Waals surface area contributed by atoms with E-state index in [-0.39, 0.29) is 29.7 Å². The minimum atomic E-state index is -4.42. The zero-order chi connectivity index (χ0) is 18.6. The fourth-order valence-corrected chi connectivity index (χ4v) is 2.77. The van der Waals surface area contributed by atoms with Crippen LogP contribution in [0.15, 0.2) is 36.5 Å². The maximum absolute atomic E-state index is 12.8. The number of hydrogen-bond acceptors (Lipinski definition) is 4. The fraction of sp³-hybridized carbons (Fsp3) is 0.412. The van der Waals surface area contributed by atoms with Crippen LogP contribution >= 0.6 is 12.4 Å². The molecule has 0 radical (unpaired) electrons. The molecule has 0 spiro atoms. The van der Waals surface area contributed by atoms with Crippen LogP contribution in [0.2, 0.25) is 0 Å². The number of hydrogen-bond donors (Lipinski definition) is 2. The smallest absolute Gasteiger partial charge is 0.349 e. The first-order valence-corrected chi connectivity index (χ1v) is 8.38. The molecule has 1 aliphatic rings. The van der Waals surface area contributed by atoms with Gasteiger partial charge in [-0.3, -0.25) is 9.69 Å². The Morgan fingerprint density at radius 1 is 1.22 bits per heavy atom. The highest BCUT2D eigenvalue weighted by Crippen LogP contribution is 2.30. The monoisotopic (exact) mass is 403 g/mol. The molecule has 1 aromatic heterocycles. The molecule has 27 heavy (non-hydrogen) atoms. The zero-order valence-electron chi connectivity index (χ0n) is 14.5. The van der Waals surface area contributed by atoms with Gasteiger partial charge in [-0.25, -0.2) is 4.68 Å². The normalized spacial score (nSPS) is 15.2. The first-order chi connectivity index (χ1) is 12.4. The first-order valence-electron chi connectivity index (χ1n) is 8.38. The summed E-state index contributed by atoms with van der Waals surface area (Å²) >= 11 is 0. The Morgan fingerprint density at radius 2 is 1.96 bits per heavy atom. The van der Waals surface area contributed by atoms with Gasteiger partial charge in [0.05, 0.1) is 11.3 Å². The van der Waals surface area contributed by atoms with Crippen molar-refractivity contribution in [3.05, 3.63) is 47.8 Å². The van der Waals surface area contributed by atoms with Crippen LogP contribution in [0, 0.1) is 0 Å². The summed E-state index contributed by atoms with van der Waals surface area (Å²) in [5.74, 6) is -0.342. The maximum atomic E-state index is 12.8. The van der Waals surface area contributed by atoms with E-state index < -0.39 is 11.7 Å². The van der Waals surface area contributed by atoms with E-state index in [4.69, 9.17) is 0 Å². The molecule has 0 bridgehead atoms. The summed E-state index contributed by atoms with van der Waals surface area (Å²) in [7, 11) is 0. The number of carbonyl (C=O) groups excluding carboxylic acids is 1. The topological polar surface area (TPSA) is 62.2 Å². The highest BCUT2D eigenvalue weighted by atomic mass is 35.5. The van der Waals surface area contributed by atoms with Crippen LogP contribution < -0.4 is 10.6 Å². The summed E-state index contributed by atoms with van der Waals surface area (Å²) in [5.41, 5.74) is -0.338. The van der Waals surface area contributed by atoms with Gasteiger partial charge in [0.25, 0.3) is 5.91 Å². The molecule has 2 heterocycles. The summed E-state index contributed by atoms with van der Waals surface area (Å²) < 4.78 is 39.7. The average Bonchev–Trinajstić information content (AvgIpc) is 3.12. The molecular weight excluding hydrogens is 383 g/mol. The Labute approximate surface area is 161 Å². The Hall–Kier alpha value is -2.10. The third kappa shape index (κ3) is 5.69. The lowest BCUT2D eigenvalue weighted by atomic mass is 10.2. The summed E-state index contributed by atoms with van der Waals surface area (Å²) in [6, 6.07) is 6.30. The number of carbonyl (C=O) groups is 1. The molecule has 6 nitrogen and oxygen atoms in total. The lowest BCUT2D eigenvalue weighted by molar-refractivity contribution is -0.137. The second-order valence-corrected chi connectivity index (χ2v) is 6.04. The van der Waals surface area contributed by atoms with Crippen molar-refractivity contribution >= 4 is 18.3 Å². The molecule has 3 rings (SSSR count). The molecule has 0 saturated carbocycles. The van der Waals surface area contributed by atoms with E-state index >= 15 is 0 Å². The summed E-state index contributed by atoms with van der Waals surface area (Å²) in [4.78, 5) is 14.4. The van der Waals surface area contributed by atoms with Crippen molar-refractivity contribution in [3.8, 4) is 5.69 Å². The molecule has 1 aliphatic heterocycles. The molecule has 2 aromatic rings. The van der Waals surface area contributed by atoms with Crippen molar-refractivity contribution in [1.82, 2.24) is 25.3 Å². The van der Waals surface area contributed by atoms with Gasteiger partial charge in [0.15, 0.2) is 5.69 Å². The van der Waals surface area contributed by atoms with E-state index in [9.17, 15) is 18.0 Å². The van der Waals surface area contributed by atoms with Gasteiger partial charge in [-0.2, -0.15) is 18.3 Å². The van der Waals surface area contributed by atoms with Crippen molar-refractivity contribution in [2.24, 2.45) is 0 Å². The predicted molar refractivity (Wildman–Crippen MR) is 97.5 cm³/mol. The number of amides is 1. The van der Waals surface area contributed by atoms with E-state index in [2.05, 4.69) is 20.6 Å². The summed E-state index contributed by atoms with van der Waals surface area (Å²) in [5, 5.41) is 10.1. The van der Waals surface area contributed by atoms with Crippen molar-refractivity contribution in [2.75, 3.05) is 39.3 Å². The Balaban J connectivity index is 0.00000261. The average molecular weight is 404 g/mol. The number of aromatic nitrogens is 2. The van der Waals surface area contributed by atoms with Gasteiger partial charge < -0.3 is 10.6 Å². The van der Waals surface area contributed by atoms with Gasteiger partial charge in [0, 0.05) is 45.5 Å². The van der Waals surface area contributed by atoms with Crippen molar-refractivity contribution in [3.63, 3.8) is 0 Å². The van der Waals surface area contributed by atoms with Crippen LogP contribution in [0.5, 0.6) is 0 Å². The number of rotatable bonds is 5. The third-order valence-corrected chi connectivity index (χ3v) is 4.18. The minimum absolute atomic E-state index is 0. The number of benzene rings is 1. The molecule has 0 atom stereocenters. The standard InChI is InChI=1S/C17H20F3N5O.ClH/c18-17(19,20)13-2-1-3-14(12-13)25-8-4-15(23-25)16(26)22-7-11-24-9-5-21-6-10-24;/h1-4,8,12,21H,5-7,9-11H2,(H,22,26);1H. The van der Waals surface area contributed by atoms with E-state index in [1.54, 1.807) is 0 Å². The number of nitrogens with zero attached hydrogens (tertiary/aromatic N) is 3. The Bertz CT molecular complexity index is 759. The van der Waals surface area contributed by atoms with Crippen molar-refractivity contribution < 1.29 is 18.0 Å². The van der Waals surface area contributed by atoms with Gasteiger partial charge in [-0.05, 0) is 24.3 Å². The van der Waals surface area contributed by atoms with Crippen LogP contribution in [0.25, 0.3) is 5.69 Å². The maximum Gasteiger partial charge on any atom is 0.416 e. The van der Waals surface area contributed by atoms with Gasteiger partial charge in [-0.15, -0.1) is 12.4 Å². The molecule has 0 aliphatic carbocycles. The van der Waals surface area contributed by atoms with Gasteiger partial charge >= 0.3 is 6.18 Å². The molecular formula is C17H21ClF3N5O. The Kier molecular flexibility index (Phi) is 7.23. The van der Waals surface area contributed by atoms with E-state index in [1.165, 1.54) is 29.1 Å². The molecule has 1 saturated heterocycles. The summed E-state index contributed by atoms with van der Waals surface area (Å²) in [6.45, 7) is 5.02. The van der Waals surface area contributed by atoms with Crippen molar-refractivity contribution in [1.29, 1.82) is 0 Å².